The number of carbonyl (C=O) groups is 2. The van der Waals surface area contributed by atoms with Crippen molar-refractivity contribution in [3.8, 4) is 11.1 Å². The van der Waals surface area contributed by atoms with E-state index in [2.05, 4.69) is 0 Å². The van der Waals surface area contributed by atoms with Crippen LogP contribution in [0.15, 0.2) is 78.9 Å². The summed E-state index contributed by atoms with van der Waals surface area (Å²) in [6.45, 7) is 0. The Morgan fingerprint density at radius 1 is 0.720 bits per heavy atom. The number of hydrogen-bond donors (Lipinski definition) is 1. The number of benzene rings is 3. The quantitative estimate of drug-likeness (QED) is 0.741. The molecule has 0 amide bonds. The lowest BCUT2D eigenvalue weighted by Gasteiger charge is -2.27. The first-order valence-corrected chi connectivity index (χ1v) is 7.86. The first-order valence-electron chi connectivity index (χ1n) is 7.86. The lowest BCUT2D eigenvalue weighted by molar-refractivity contribution is -0.155. The van der Waals surface area contributed by atoms with Gasteiger partial charge in [0, 0.05) is 11.1 Å². The van der Waals surface area contributed by atoms with E-state index >= 15 is 0 Å². The molecule has 4 heteroatoms. The number of rotatable bonds is 3. The lowest BCUT2D eigenvalue weighted by Crippen LogP contribution is -2.40. The first kappa shape index (κ1) is 15.1. The Morgan fingerprint density at radius 2 is 1.20 bits per heavy atom. The van der Waals surface area contributed by atoms with E-state index in [9.17, 15) is 14.7 Å². The molecule has 0 fully saturated rings. The highest BCUT2D eigenvalue weighted by molar-refractivity contribution is 5.99. The summed E-state index contributed by atoms with van der Waals surface area (Å²) in [6, 6.07) is 22.7. The monoisotopic (exact) mass is 330 g/mol. The predicted octanol–water partition coefficient (Wildman–Crippen LogP) is 3.85. The number of aliphatic carboxylic acids is 1. The Hall–Kier alpha value is -3.40. The van der Waals surface area contributed by atoms with Crippen LogP contribution in [0.25, 0.3) is 11.1 Å². The van der Waals surface area contributed by atoms with Crippen molar-refractivity contribution >= 4 is 11.9 Å². The molecule has 25 heavy (non-hydrogen) atoms. The molecule has 4 nitrogen and oxygen atoms in total. The lowest BCUT2D eigenvalue weighted by atomic mass is 9.91. The summed E-state index contributed by atoms with van der Waals surface area (Å²) in [5, 5.41) is 10.1. The second kappa shape index (κ2) is 5.60. The SMILES string of the molecule is O=C(OC1(C(=O)O)c2ccccc2-c2ccccc21)c1ccccc1. The molecule has 1 N–H and O–H groups in total. The van der Waals surface area contributed by atoms with Gasteiger partial charge in [-0.25, -0.2) is 9.59 Å². The van der Waals surface area contributed by atoms with Crippen LogP contribution in [0.4, 0.5) is 0 Å². The van der Waals surface area contributed by atoms with Gasteiger partial charge in [-0.1, -0.05) is 66.7 Å². The van der Waals surface area contributed by atoms with E-state index in [4.69, 9.17) is 4.74 Å². The summed E-state index contributed by atoms with van der Waals surface area (Å²) in [5.41, 5.74) is 0.925. The molecule has 122 valence electrons. The average molecular weight is 330 g/mol. The third-order valence-corrected chi connectivity index (χ3v) is 4.46. The Bertz CT molecular complexity index is 930. The predicted molar refractivity (Wildman–Crippen MR) is 92.2 cm³/mol. The number of carboxylic acids is 1. The van der Waals surface area contributed by atoms with Crippen LogP contribution in [-0.2, 0) is 15.1 Å². The van der Waals surface area contributed by atoms with Crippen LogP contribution in [0.2, 0.25) is 0 Å². The van der Waals surface area contributed by atoms with Crippen LogP contribution < -0.4 is 0 Å². The van der Waals surface area contributed by atoms with Crippen molar-refractivity contribution in [3.05, 3.63) is 95.6 Å². The maximum Gasteiger partial charge on any atom is 0.357 e. The van der Waals surface area contributed by atoms with Gasteiger partial charge in [-0.05, 0) is 23.3 Å². The van der Waals surface area contributed by atoms with Gasteiger partial charge in [0.2, 0.25) is 0 Å². The van der Waals surface area contributed by atoms with Gasteiger partial charge >= 0.3 is 11.9 Å². The molecular formula is C21H14O4. The van der Waals surface area contributed by atoms with Crippen LogP contribution in [0.3, 0.4) is 0 Å². The van der Waals surface area contributed by atoms with E-state index in [0.717, 1.165) is 11.1 Å². The molecule has 0 spiro atoms. The number of hydrogen-bond acceptors (Lipinski definition) is 3. The maximum atomic E-state index is 12.6. The molecule has 1 aliphatic rings. The van der Waals surface area contributed by atoms with Crippen LogP contribution in [0.1, 0.15) is 21.5 Å². The van der Waals surface area contributed by atoms with Crippen molar-refractivity contribution in [2.24, 2.45) is 0 Å². The van der Waals surface area contributed by atoms with Gasteiger partial charge < -0.3 is 9.84 Å². The van der Waals surface area contributed by atoms with E-state index in [1.165, 1.54) is 0 Å². The number of ether oxygens (including phenoxy) is 1. The van der Waals surface area contributed by atoms with Crippen LogP contribution in [0.5, 0.6) is 0 Å². The fraction of sp³-hybridized carbons (Fsp3) is 0.0476. The smallest absolute Gasteiger partial charge is 0.357 e. The molecule has 0 heterocycles. The van der Waals surface area contributed by atoms with Gasteiger partial charge in [-0.2, -0.15) is 0 Å². The van der Waals surface area contributed by atoms with E-state index in [1.54, 1.807) is 54.6 Å². The summed E-state index contributed by atoms with van der Waals surface area (Å²) in [5.74, 6) is -1.89. The molecule has 0 saturated heterocycles. The Labute approximate surface area is 144 Å². The zero-order chi connectivity index (χ0) is 17.4. The minimum Gasteiger partial charge on any atom is -0.478 e. The van der Waals surface area contributed by atoms with Gasteiger partial charge in [0.25, 0.3) is 5.60 Å². The molecule has 3 aromatic rings. The van der Waals surface area contributed by atoms with Crippen molar-refractivity contribution in [2.75, 3.05) is 0 Å². The number of esters is 1. The third kappa shape index (κ3) is 2.15. The largest absolute Gasteiger partial charge is 0.478 e. The van der Waals surface area contributed by atoms with E-state index in [0.29, 0.717) is 16.7 Å². The fourth-order valence-corrected chi connectivity index (χ4v) is 3.35. The molecule has 0 atom stereocenters. The second-order valence-corrected chi connectivity index (χ2v) is 5.83. The molecule has 0 aromatic heterocycles. The minimum absolute atomic E-state index is 0.310. The first-order chi connectivity index (χ1) is 12.1. The second-order valence-electron chi connectivity index (χ2n) is 5.83. The molecular weight excluding hydrogens is 316 g/mol. The highest BCUT2D eigenvalue weighted by Crippen LogP contribution is 2.50. The van der Waals surface area contributed by atoms with Crippen LogP contribution >= 0.6 is 0 Å². The molecule has 0 saturated carbocycles. The Balaban J connectivity index is 1.92. The summed E-state index contributed by atoms with van der Waals surface area (Å²) in [4.78, 5) is 25.0. The highest BCUT2D eigenvalue weighted by Gasteiger charge is 2.53. The Kier molecular flexibility index (Phi) is 3.39. The summed E-state index contributed by atoms with van der Waals surface area (Å²) >= 11 is 0. The minimum atomic E-state index is -1.85. The van der Waals surface area contributed by atoms with Crippen molar-refractivity contribution in [2.45, 2.75) is 5.60 Å². The standard InChI is InChI=1S/C21H14O4/c22-19(14-8-2-1-3-9-14)25-21(20(23)24)17-12-6-4-10-15(17)16-11-5-7-13-18(16)21/h1-13H,(H,23,24). The topological polar surface area (TPSA) is 63.6 Å². The van der Waals surface area contributed by atoms with E-state index < -0.39 is 17.5 Å². The number of fused-ring (bicyclic) bond motifs is 3. The molecule has 0 aliphatic heterocycles. The molecule has 3 aromatic carbocycles. The Morgan fingerprint density at radius 3 is 1.72 bits per heavy atom. The molecule has 0 bridgehead atoms. The third-order valence-electron chi connectivity index (χ3n) is 4.46. The zero-order valence-corrected chi connectivity index (χ0v) is 13.2. The fourth-order valence-electron chi connectivity index (χ4n) is 3.35. The zero-order valence-electron chi connectivity index (χ0n) is 13.2. The van der Waals surface area contributed by atoms with E-state index in [-0.39, 0.29) is 0 Å². The normalized spacial score (nSPS) is 13.6. The van der Waals surface area contributed by atoms with Crippen molar-refractivity contribution in [1.82, 2.24) is 0 Å². The average Bonchev–Trinajstić information content (AvgIpc) is 2.94. The van der Waals surface area contributed by atoms with Crippen molar-refractivity contribution in [1.29, 1.82) is 0 Å². The van der Waals surface area contributed by atoms with Crippen molar-refractivity contribution in [3.63, 3.8) is 0 Å². The number of carbonyl (C=O) groups excluding carboxylic acids is 1. The number of carboxylic acid groups (broad SMARTS) is 1. The van der Waals surface area contributed by atoms with Crippen LogP contribution in [0, 0.1) is 0 Å². The van der Waals surface area contributed by atoms with Gasteiger partial charge in [0.1, 0.15) is 0 Å². The van der Waals surface area contributed by atoms with Gasteiger partial charge in [0.05, 0.1) is 5.56 Å². The molecule has 0 unspecified atom stereocenters. The summed E-state index contributed by atoms with van der Waals surface area (Å²) in [6.07, 6.45) is 0. The van der Waals surface area contributed by atoms with Crippen LogP contribution in [-0.4, -0.2) is 17.0 Å². The molecule has 4 rings (SSSR count). The van der Waals surface area contributed by atoms with Crippen molar-refractivity contribution < 1.29 is 19.4 Å². The highest BCUT2D eigenvalue weighted by atomic mass is 16.6. The van der Waals surface area contributed by atoms with E-state index in [1.807, 2.05) is 24.3 Å². The van der Waals surface area contributed by atoms with Gasteiger partial charge in [-0.3, -0.25) is 0 Å². The molecule has 1 aliphatic carbocycles. The summed E-state index contributed by atoms with van der Waals surface area (Å²) < 4.78 is 5.66. The maximum absolute atomic E-state index is 12.6. The molecule has 0 radical (unpaired) electrons. The van der Waals surface area contributed by atoms with Gasteiger partial charge in [0.15, 0.2) is 0 Å². The summed E-state index contributed by atoms with van der Waals surface area (Å²) in [7, 11) is 0. The van der Waals surface area contributed by atoms with Gasteiger partial charge in [-0.15, -0.1) is 0 Å².